The maximum absolute atomic E-state index is 12.9. The summed E-state index contributed by atoms with van der Waals surface area (Å²) >= 11 is 0. The fraction of sp³-hybridized carbons (Fsp3) is 0.250. The van der Waals surface area contributed by atoms with Gasteiger partial charge < -0.3 is 14.2 Å². The van der Waals surface area contributed by atoms with Crippen molar-refractivity contribution in [1.82, 2.24) is 0 Å². The van der Waals surface area contributed by atoms with Crippen LogP contribution >= 0.6 is 17.2 Å². The van der Waals surface area contributed by atoms with Crippen LogP contribution < -0.4 is 4.74 Å². The molecule has 7 nitrogen and oxygen atoms in total. The van der Waals surface area contributed by atoms with E-state index in [2.05, 4.69) is 6.58 Å². The molecule has 0 saturated carbocycles. The van der Waals surface area contributed by atoms with Gasteiger partial charge in [-0.05, 0) is 63.0 Å². The standard InChI is InChI=1S/C24H22O7P2/c1-3-33-23(27)30-12-19(25)14-4-6-16-15(8-14)11-29-21-10-17-13(9-18(16)21)5-7-20(22(17)26)31-24(28)32-2/h3-4,6,8-10,20,32-33H,1,5,7,11-12H2,2H3. The summed E-state index contributed by atoms with van der Waals surface area (Å²) < 4.78 is 16.2. The van der Waals surface area contributed by atoms with Crippen LogP contribution in [0, 0.1) is 0 Å². The first kappa shape index (κ1) is 23.3. The zero-order valence-electron chi connectivity index (χ0n) is 17.9. The van der Waals surface area contributed by atoms with Gasteiger partial charge in [0.25, 0.3) is 0 Å². The lowest BCUT2D eigenvalue weighted by molar-refractivity contribution is 0.0657. The first-order valence-corrected chi connectivity index (χ1v) is 12.9. The molecule has 0 aromatic heterocycles. The summed E-state index contributed by atoms with van der Waals surface area (Å²) in [6.45, 7) is 5.11. The molecule has 0 N–H and O–H groups in total. The van der Waals surface area contributed by atoms with Gasteiger partial charge in [-0.3, -0.25) is 9.59 Å². The second-order valence-electron chi connectivity index (χ2n) is 7.56. The normalized spacial score (nSPS) is 16.6. The summed E-state index contributed by atoms with van der Waals surface area (Å²) in [5.41, 5.74) is 3.63. The molecule has 170 valence electrons. The van der Waals surface area contributed by atoms with Crippen LogP contribution in [0.5, 0.6) is 5.75 Å². The van der Waals surface area contributed by atoms with Crippen LogP contribution in [0.2, 0.25) is 0 Å². The number of Topliss-reactive ketones (excluding diaryl/α,β-unsaturated/α-hetero) is 2. The van der Waals surface area contributed by atoms with Crippen LogP contribution in [0.3, 0.4) is 0 Å². The molecule has 3 unspecified atom stereocenters. The molecular formula is C24H22O7P2. The number of benzene rings is 2. The minimum Gasteiger partial charge on any atom is -0.488 e. The van der Waals surface area contributed by atoms with Crippen LogP contribution in [-0.4, -0.2) is 42.4 Å². The average Bonchev–Trinajstić information content (AvgIpc) is 2.83. The van der Waals surface area contributed by atoms with E-state index in [0.717, 1.165) is 22.3 Å². The molecule has 1 aliphatic heterocycles. The van der Waals surface area contributed by atoms with E-state index >= 15 is 0 Å². The highest BCUT2D eigenvalue weighted by molar-refractivity contribution is 7.60. The molecule has 0 fully saturated rings. The Morgan fingerprint density at radius 1 is 1.12 bits per heavy atom. The number of fused-ring (bicyclic) bond motifs is 4. The highest BCUT2D eigenvalue weighted by Gasteiger charge is 2.32. The summed E-state index contributed by atoms with van der Waals surface area (Å²) in [6.07, 6.45) is 0.315. The minimum atomic E-state index is -0.749. The van der Waals surface area contributed by atoms with E-state index in [1.807, 2.05) is 12.1 Å². The molecule has 0 radical (unpaired) electrons. The second-order valence-corrected chi connectivity index (χ2v) is 9.57. The lowest BCUT2D eigenvalue weighted by atomic mass is 9.84. The Labute approximate surface area is 194 Å². The number of ether oxygens (including phenoxy) is 3. The summed E-state index contributed by atoms with van der Waals surface area (Å²) in [5.74, 6) is 1.53. The Morgan fingerprint density at radius 2 is 1.94 bits per heavy atom. The first-order chi connectivity index (χ1) is 15.9. The number of rotatable bonds is 7. The van der Waals surface area contributed by atoms with Gasteiger partial charge >= 0.3 is 11.4 Å². The maximum Gasteiger partial charge on any atom is 0.327 e. The molecule has 1 aliphatic carbocycles. The van der Waals surface area contributed by atoms with E-state index in [4.69, 9.17) is 14.2 Å². The van der Waals surface area contributed by atoms with Gasteiger partial charge in [0.1, 0.15) is 12.4 Å². The van der Waals surface area contributed by atoms with E-state index in [1.165, 1.54) is 5.82 Å². The molecule has 0 spiro atoms. The third-order valence-corrected chi connectivity index (χ3v) is 6.66. The van der Waals surface area contributed by atoms with Crippen molar-refractivity contribution in [3.63, 3.8) is 0 Å². The van der Waals surface area contributed by atoms with E-state index in [-0.39, 0.29) is 47.7 Å². The first-order valence-electron chi connectivity index (χ1n) is 10.3. The van der Waals surface area contributed by atoms with Gasteiger partial charge in [0.2, 0.25) is 5.78 Å². The molecule has 9 heteroatoms. The van der Waals surface area contributed by atoms with E-state index in [0.29, 0.717) is 29.7 Å². The molecule has 4 rings (SSSR count). The summed E-state index contributed by atoms with van der Waals surface area (Å²) in [5, 5.41) is 0. The molecule has 3 atom stereocenters. The fourth-order valence-corrected chi connectivity index (χ4v) is 4.51. The largest absolute Gasteiger partial charge is 0.488 e. The van der Waals surface area contributed by atoms with Crippen LogP contribution in [0.15, 0.2) is 42.7 Å². The lowest BCUT2D eigenvalue weighted by Gasteiger charge is -2.27. The number of hydrogen-bond acceptors (Lipinski definition) is 7. The number of hydrogen-bond donors (Lipinski definition) is 0. The SMILES string of the molecule is C=CPC(=O)OCC(=O)c1ccc2c(c1)COc1cc3c(cc1-2)CCC(OC(=O)PC)C3=O. The highest BCUT2D eigenvalue weighted by atomic mass is 31.1. The lowest BCUT2D eigenvalue weighted by Crippen LogP contribution is -2.31. The van der Waals surface area contributed by atoms with Gasteiger partial charge in [-0.25, -0.2) is 9.59 Å². The van der Waals surface area contributed by atoms with Crippen molar-refractivity contribution in [3.05, 3.63) is 65.0 Å². The molecule has 1 heterocycles. The molecule has 0 saturated heterocycles. The second kappa shape index (κ2) is 9.94. The molecule has 2 aromatic rings. The predicted octanol–water partition coefficient (Wildman–Crippen LogP) is 5.33. The third-order valence-electron chi connectivity index (χ3n) is 5.55. The van der Waals surface area contributed by atoms with Crippen molar-refractivity contribution in [1.29, 1.82) is 0 Å². The minimum absolute atomic E-state index is 0.0121. The average molecular weight is 484 g/mol. The van der Waals surface area contributed by atoms with Crippen LogP contribution in [0.1, 0.15) is 38.3 Å². The van der Waals surface area contributed by atoms with Crippen molar-refractivity contribution >= 4 is 40.1 Å². The van der Waals surface area contributed by atoms with Gasteiger partial charge in [0.15, 0.2) is 18.5 Å². The maximum atomic E-state index is 12.9. The van der Waals surface area contributed by atoms with Crippen molar-refractivity contribution < 1.29 is 33.4 Å². The Hall–Kier alpha value is -2.88. The van der Waals surface area contributed by atoms with E-state index < -0.39 is 11.8 Å². The quantitative estimate of drug-likeness (QED) is 0.387. The molecule has 0 amide bonds. The van der Waals surface area contributed by atoms with Crippen molar-refractivity contribution in [2.45, 2.75) is 25.6 Å². The van der Waals surface area contributed by atoms with Gasteiger partial charge in [-0.2, -0.15) is 0 Å². The van der Waals surface area contributed by atoms with Gasteiger partial charge in [0, 0.05) is 25.3 Å². The zero-order chi connectivity index (χ0) is 23.5. The summed E-state index contributed by atoms with van der Waals surface area (Å²) in [6, 6.07) is 8.96. The smallest absolute Gasteiger partial charge is 0.327 e. The van der Waals surface area contributed by atoms with Gasteiger partial charge in [-0.15, -0.1) is 0 Å². The number of carbonyl (C=O) groups is 4. The van der Waals surface area contributed by atoms with Crippen molar-refractivity contribution in [2.75, 3.05) is 13.3 Å². The third kappa shape index (κ3) is 4.90. The Bertz CT molecular complexity index is 1170. The Kier molecular flexibility index (Phi) is 7.02. The Morgan fingerprint density at radius 3 is 2.70 bits per heavy atom. The molecule has 2 aliphatic rings. The molecule has 33 heavy (non-hydrogen) atoms. The predicted molar refractivity (Wildman–Crippen MR) is 128 cm³/mol. The van der Waals surface area contributed by atoms with Gasteiger partial charge in [0.05, 0.1) is 0 Å². The topological polar surface area (TPSA) is 96.0 Å². The number of carbonyl (C=O) groups excluding carboxylic acids is 4. The Balaban J connectivity index is 1.56. The summed E-state index contributed by atoms with van der Waals surface area (Å²) in [7, 11) is -0.202. The number of ketones is 2. The van der Waals surface area contributed by atoms with Gasteiger partial charge in [-0.1, -0.05) is 24.5 Å². The van der Waals surface area contributed by atoms with Crippen molar-refractivity contribution in [2.24, 2.45) is 0 Å². The number of aryl methyl sites for hydroxylation is 1. The summed E-state index contributed by atoms with van der Waals surface area (Å²) in [4.78, 5) is 48.4. The molecule has 2 aromatic carbocycles. The highest BCUT2D eigenvalue weighted by Crippen LogP contribution is 2.41. The van der Waals surface area contributed by atoms with Crippen LogP contribution in [0.4, 0.5) is 9.59 Å². The van der Waals surface area contributed by atoms with Crippen molar-refractivity contribution in [3.8, 4) is 16.9 Å². The molecular weight excluding hydrogens is 462 g/mol. The van der Waals surface area contributed by atoms with Crippen LogP contribution in [0.25, 0.3) is 11.1 Å². The van der Waals surface area contributed by atoms with E-state index in [9.17, 15) is 19.2 Å². The monoisotopic (exact) mass is 484 g/mol. The van der Waals surface area contributed by atoms with E-state index in [1.54, 1.807) is 24.9 Å². The fourth-order valence-electron chi connectivity index (χ4n) is 3.93. The molecule has 0 bridgehead atoms. The van der Waals surface area contributed by atoms with Crippen LogP contribution in [-0.2, 0) is 22.5 Å². The zero-order valence-corrected chi connectivity index (χ0v) is 19.9.